The summed E-state index contributed by atoms with van der Waals surface area (Å²) in [4.78, 5) is 17.8. The summed E-state index contributed by atoms with van der Waals surface area (Å²) < 4.78 is 33.5. The number of hydroxylamine groups is 2. The number of esters is 1. The van der Waals surface area contributed by atoms with Gasteiger partial charge in [0, 0.05) is 20.1 Å². The quantitative estimate of drug-likeness (QED) is 0.654. The summed E-state index contributed by atoms with van der Waals surface area (Å²) in [6.07, 6.45) is 1.31. The van der Waals surface area contributed by atoms with Crippen molar-refractivity contribution in [2.75, 3.05) is 33.4 Å². The third kappa shape index (κ3) is 4.66. The van der Waals surface area contributed by atoms with Crippen molar-refractivity contribution in [3.05, 3.63) is 35.4 Å². The molecule has 2 heterocycles. The Morgan fingerprint density at radius 2 is 1.97 bits per heavy atom. The van der Waals surface area contributed by atoms with Gasteiger partial charge in [0.2, 0.25) is 10.0 Å². The predicted molar refractivity (Wildman–Crippen MR) is 111 cm³/mol. The van der Waals surface area contributed by atoms with Crippen LogP contribution in [0.15, 0.2) is 24.3 Å². The number of nitrogens with zero attached hydrogens (tertiary/aromatic N) is 2. The average molecular weight is 425 g/mol. The largest absolute Gasteiger partial charge is 0.466 e. The van der Waals surface area contributed by atoms with Gasteiger partial charge in [0.25, 0.3) is 0 Å². The molecule has 7 nitrogen and oxygen atoms in total. The molecule has 29 heavy (non-hydrogen) atoms. The predicted octanol–water partition coefficient (Wildman–Crippen LogP) is 2.70. The van der Waals surface area contributed by atoms with Crippen LogP contribution in [0, 0.1) is 5.92 Å². The molecule has 2 aliphatic heterocycles. The molecule has 0 bridgehead atoms. The minimum atomic E-state index is -3.64. The second kappa shape index (κ2) is 9.12. The molecule has 0 amide bonds. The van der Waals surface area contributed by atoms with Crippen LogP contribution in [0.2, 0.25) is 0 Å². The van der Waals surface area contributed by atoms with E-state index in [1.165, 1.54) is 9.87 Å². The molecule has 0 aromatic heterocycles. The van der Waals surface area contributed by atoms with Gasteiger partial charge in [-0.05, 0) is 36.8 Å². The first-order valence-electron chi connectivity index (χ1n) is 10.4. The van der Waals surface area contributed by atoms with Gasteiger partial charge in [-0.3, -0.25) is 9.63 Å². The number of hydrogen-bond acceptors (Lipinski definition) is 6. The molecule has 3 rings (SSSR count). The van der Waals surface area contributed by atoms with Crippen molar-refractivity contribution in [2.24, 2.45) is 5.92 Å². The van der Waals surface area contributed by atoms with E-state index in [4.69, 9.17) is 9.57 Å². The van der Waals surface area contributed by atoms with Crippen molar-refractivity contribution in [1.29, 1.82) is 0 Å². The highest BCUT2D eigenvalue weighted by Gasteiger charge is 2.47. The van der Waals surface area contributed by atoms with E-state index in [-0.39, 0.29) is 25.2 Å². The van der Waals surface area contributed by atoms with E-state index in [9.17, 15) is 13.2 Å². The van der Waals surface area contributed by atoms with Gasteiger partial charge in [0.1, 0.15) is 5.25 Å². The fourth-order valence-electron chi connectivity index (χ4n) is 4.17. The van der Waals surface area contributed by atoms with Gasteiger partial charge in [0.05, 0.1) is 25.2 Å². The van der Waals surface area contributed by atoms with E-state index in [2.05, 4.69) is 13.8 Å². The third-order valence-corrected chi connectivity index (χ3v) is 8.09. The van der Waals surface area contributed by atoms with E-state index in [0.29, 0.717) is 31.9 Å². The Bertz CT molecular complexity index is 809. The van der Waals surface area contributed by atoms with Crippen LogP contribution in [0.25, 0.3) is 0 Å². The minimum Gasteiger partial charge on any atom is -0.466 e. The van der Waals surface area contributed by atoms with Crippen molar-refractivity contribution >= 4 is 16.0 Å². The van der Waals surface area contributed by atoms with Crippen LogP contribution in [0.3, 0.4) is 0 Å². The fourth-order valence-corrected chi connectivity index (χ4v) is 6.21. The van der Waals surface area contributed by atoms with E-state index in [0.717, 1.165) is 5.56 Å². The molecule has 0 spiro atoms. The Hall–Kier alpha value is -1.48. The number of rotatable bonds is 6. The molecule has 1 aromatic rings. The van der Waals surface area contributed by atoms with Crippen LogP contribution in [-0.4, -0.2) is 62.4 Å². The number of carbonyl (C=O) groups excluding carboxylic acids is 1. The average Bonchev–Trinajstić information content (AvgIpc) is 3.10. The van der Waals surface area contributed by atoms with E-state index < -0.39 is 21.2 Å². The van der Waals surface area contributed by atoms with Gasteiger partial charge in [0.15, 0.2) is 0 Å². The summed E-state index contributed by atoms with van der Waals surface area (Å²) in [5.41, 5.74) is 2.13. The first-order chi connectivity index (χ1) is 13.8. The SMILES string of the molecule is CCOC(=O)[C@@H]1CCCN(S(=O)(=O)[C@@H]2CON(C)[C@@H]2c2ccc(C(C)C)cc2)C1. The van der Waals surface area contributed by atoms with Gasteiger partial charge in [-0.1, -0.05) is 38.1 Å². The molecule has 2 aliphatic rings. The fraction of sp³-hybridized carbons (Fsp3) is 0.667. The van der Waals surface area contributed by atoms with E-state index in [1.807, 2.05) is 24.3 Å². The standard InChI is InChI=1S/C21H32N2O5S/c1-5-27-21(24)18-7-6-12-23(13-18)29(25,26)19-14-28-22(4)20(19)17-10-8-16(9-11-17)15(2)3/h8-11,15,18-20H,5-7,12-14H2,1-4H3/t18-,19-,20-/m1/s1. The van der Waals surface area contributed by atoms with Gasteiger partial charge in [-0.15, -0.1) is 0 Å². The summed E-state index contributed by atoms with van der Waals surface area (Å²) in [5, 5.41) is 0.928. The van der Waals surface area contributed by atoms with Crippen LogP contribution in [0.5, 0.6) is 0 Å². The zero-order chi connectivity index (χ0) is 21.2. The van der Waals surface area contributed by atoms with Gasteiger partial charge >= 0.3 is 5.97 Å². The first-order valence-corrected chi connectivity index (χ1v) is 11.9. The van der Waals surface area contributed by atoms with Crippen molar-refractivity contribution in [3.63, 3.8) is 0 Å². The first kappa shape index (κ1) is 22.2. The molecule has 162 valence electrons. The lowest BCUT2D eigenvalue weighted by atomic mass is 9.98. The van der Waals surface area contributed by atoms with Crippen molar-refractivity contribution in [3.8, 4) is 0 Å². The summed E-state index contributed by atoms with van der Waals surface area (Å²) in [6, 6.07) is 7.70. The van der Waals surface area contributed by atoms with Crippen LogP contribution in [-0.2, 0) is 24.4 Å². The van der Waals surface area contributed by atoms with Gasteiger partial charge in [-0.25, -0.2) is 12.7 Å². The number of benzene rings is 1. The maximum atomic E-state index is 13.5. The molecular formula is C21H32N2O5S. The molecule has 0 saturated carbocycles. The highest BCUT2D eigenvalue weighted by atomic mass is 32.2. The molecule has 0 unspecified atom stereocenters. The molecular weight excluding hydrogens is 392 g/mol. The molecule has 8 heteroatoms. The number of sulfonamides is 1. The van der Waals surface area contributed by atoms with Crippen LogP contribution in [0.1, 0.15) is 56.7 Å². The second-order valence-corrected chi connectivity index (χ2v) is 10.3. The maximum Gasteiger partial charge on any atom is 0.310 e. The Labute approximate surface area is 174 Å². The minimum absolute atomic E-state index is 0.107. The topological polar surface area (TPSA) is 76.1 Å². The normalized spacial score (nSPS) is 26.7. The summed E-state index contributed by atoms with van der Waals surface area (Å²) in [7, 11) is -1.87. The Balaban J connectivity index is 1.82. The second-order valence-electron chi connectivity index (χ2n) is 8.14. The molecule has 3 atom stereocenters. The van der Waals surface area contributed by atoms with E-state index in [1.54, 1.807) is 19.0 Å². The molecule has 0 radical (unpaired) electrons. The smallest absolute Gasteiger partial charge is 0.310 e. The van der Waals surface area contributed by atoms with Crippen molar-refractivity contribution in [1.82, 2.24) is 9.37 Å². The summed E-state index contributed by atoms with van der Waals surface area (Å²) in [6.45, 7) is 7.04. The van der Waals surface area contributed by atoms with E-state index >= 15 is 0 Å². The lowest BCUT2D eigenvalue weighted by molar-refractivity contribution is -0.149. The molecule has 2 fully saturated rings. The zero-order valence-electron chi connectivity index (χ0n) is 17.7. The van der Waals surface area contributed by atoms with Crippen molar-refractivity contribution < 1.29 is 22.8 Å². The zero-order valence-corrected chi connectivity index (χ0v) is 18.5. The monoisotopic (exact) mass is 424 g/mol. The van der Waals surface area contributed by atoms with Crippen LogP contribution in [0.4, 0.5) is 0 Å². The number of hydrogen-bond donors (Lipinski definition) is 0. The Morgan fingerprint density at radius 3 is 2.59 bits per heavy atom. The lowest BCUT2D eigenvalue weighted by Crippen LogP contribution is -2.48. The Morgan fingerprint density at radius 1 is 1.28 bits per heavy atom. The highest BCUT2D eigenvalue weighted by Crippen LogP contribution is 2.36. The molecule has 1 aromatic carbocycles. The van der Waals surface area contributed by atoms with Gasteiger partial charge in [-0.2, -0.15) is 5.06 Å². The lowest BCUT2D eigenvalue weighted by Gasteiger charge is -2.34. The van der Waals surface area contributed by atoms with Crippen LogP contribution >= 0.6 is 0 Å². The van der Waals surface area contributed by atoms with Crippen molar-refractivity contribution in [2.45, 2.75) is 50.8 Å². The number of carbonyl (C=O) groups is 1. The molecule has 0 N–H and O–H groups in total. The van der Waals surface area contributed by atoms with Gasteiger partial charge < -0.3 is 4.74 Å². The number of piperidine rings is 1. The summed E-state index contributed by atoms with van der Waals surface area (Å²) >= 11 is 0. The maximum absolute atomic E-state index is 13.5. The highest BCUT2D eigenvalue weighted by molar-refractivity contribution is 7.89. The van der Waals surface area contributed by atoms with Crippen LogP contribution < -0.4 is 0 Å². The molecule has 2 saturated heterocycles. The third-order valence-electron chi connectivity index (χ3n) is 5.88. The molecule has 0 aliphatic carbocycles. The summed E-state index contributed by atoms with van der Waals surface area (Å²) in [5.74, 6) is -0.301. The number of ether oxygens (including phenoxy) is 1. The Kier molecular flexibility index (Phi) is 6.98.